The van der Waals surface area contributed by atoms with Gasteiger partial charge >= 0.3 is 0 Å². The van der Waals surface area contributed by atoms with Crippen LogP contribution in [0.5, 0.6) is 0 Å². The molecule has 1 aliphatic heterocycles. The van der Waals surface area contributed by atoms with Crippen LogP contribution in [0.3, 0.4) is 0 Å². The minimum absolute atomic E-state index is 0.0616. The number of rotatable bonds is 7. The fourth-order valence-electron chi connectivity index (χ4n) is 3.53. The number of aryl methyl sites for hydroxylation is 1. The van der Waals surface area contributed by atoms with Gasteiger partial charge in [-0.1, -0.05) is 12.1 Å². The van der Waals surface area contributed by atoms with E-state index < -0.39 is 0 Å². The second-order valence-corrected chi connectivity index (χ2v) is 6.58. The highest BCUT2D eigenvalue weighted by Gasteiger charge is 2.34. The molecule has 1 aliphatic rings. The second kappa shape index (κ2) is 6.99. The van der Waals surface area contributed by atoms with Crippen LogP contribution in [0.4, 0.5) is 0 Å². The molecule has 1 aromatic carbocycles. The lowest BCUT2D eigenvalue weighted by Gasteiger charge is -2.28. The summed E-state index contributed by atoms with van der Waals surface area (Å²) < 4.78 is 7.85. The number of hydrogen-bond acceptors (Lipinski definition) is 4. The molecule has 23 heavy (non-hydrogen) atoms. The number of aliphatic hydroxyl groups excluding tert-OH is 1. The van der Waals surface area contributed by atoms with Crippen molar-refractivity contribution in [2.24, 2.45) is 5.41 Å². The molecule has 0 radical (unpaired) electrons. The zero-order valence-electron chi connectivity index (χ0n) is 14.1. The quantitative estimate of drug-likeness (QED) is 0.824. The molecule has 126 valence electrons. The largest absolute Gasteiger partial charge is 0.396 e. The average Bonchev–Trinajstić information content (AvgIpc) is 3.17. The van der Waals surface area contributed by atoms with Crippen molar-refractivity contribution in [1.82, 2.24) is 14.9 Å². The first kappa shape index (κ1) is 16.4. The molecule has 3 rings (SSSR count). The molecule has 2 atom stereocenters. The summed E-state index contributed by atoms with van der Waals surface area (Å²) in [6.07, 6.45) is 1.80. The van der Waals surface area contributed by atoms with Crippen molar-refractivity contribution >= 4 is 11.0 Å². The minimum atomic E-state index is 0.0616. The Morgan fingerprint density at radius 3 is 2.96 bits per heavy atom. The Labute approximate surface area is 137 Å². The third kappa shape index (κ3) is 3.27. The van der Waals surface area contributed by atoms with Crippen molar-refractivity contribution in [1.29, 1.82) is 0 Å². The summed E-state index contributed by atoms with van der Waals surface area (Å²) in [6, 6.07) is 8.45. The average molecular weight is 317 g/mol. The topological polar surface area (TPSA) is 59.3 Å². The maximum atomic E-state index is 9.35. The molecule has 1 aromatic heterocycles. The lowest BCUT2D eigenvalue weighted by atomic mass is 9.84. The molecular formula is C18H27N3O2. The summed E-state index contributed by atoms with van der Waals surface area (Å²) in [5.41, 5.74) is 2.30. The Balaban J connectivity index is 1.76. The van der Waals surface area contributed by atoms with Gasteiger partial charge < -0.3 is 19.7 Å². The Kier molecular flexibility index (Phi) is 4.99. The Hall–Kier alpha value is -1.43. The second-order valence-electron chi connectivity index (χ2n) is 6.58. The van der Waals surface area contributed by atoms with Gasteiger partial charge in [-0.2, -0.15) is 0 Å². The van der Waals surface area contributed by atoms with Crippen molar-refractivity contribution in [2.45, 2.75) is 39.3 Å². The van der Waals surface area contributed by atoms with E-state index >= 15 is 0 Å². The summed E-state index contributed by atoms with van der Waals surface area (Å²) in [6.45, 7) is 7.82. The number of para-hydroxylation sites is 2. The molecular weight excluding hydrogens is 290 g/mol. The fourth-order valence-corrected chi connectivity index (χ4v) is 3.53. The van der Waals surface area contributed by atoms with Crippen LogP contribution in [0.25, 0.3) is 11.0 Å². The number of nitrogens with one attached hydrogen (secondary N) is 1. The van der Waals surface area contributed by atoms with Gasteiger partial charge in [-0.25, -0.2) is 4.98 Å². The van der Waals surface area contributed by atoms with Crippen LogP contribution in [0, 0.1) is 5.41 Å². The zero-order chi connectivity index (χ0) is 16.3. The molecule has 1 saturated heterocycles. The van der Waals surface area contributed by atoms with Gasteiger partial charge in [-0.15, -0.1) is 0 Å². The van der Waals surface area contributed by atoms with Crippen LogP contribution in [0.15, 0.2) is 24.3 Å². The van der Waals surface area contributed by atoms with E-state index in [2.05, 4.69) is 41.9 Å². The first-order valence-electron chi connectivity index (χ1n) is 8.56. The molecule has 5 heteroatoms. The van der Waals surface area contributed by atoms with Crippen LogP contribution in [-0.2, 0) is 11.3 Å². The van der Waals surface area contributed by atoms with Crippen molar-refractivity contribution < 1.29 is 9.84 Å². The number of benzene rings is 1. The molecule has 2 aromatic rings. The maximum Gasteiger partial charge on any atom is 0.126 e. The number of hydrogen-bond donors (Lipinski definition) is 2. The number of ether oxygens (including phenoxy) is 1. The summed E-state index contributed by atoms with van der Waals surface area (Å²) in [4.78, 5) is 4.82. The van der Waals surface area contributed by atoms with Crippen LogP contribution >= 0.6 is 0 Å². The molecule has 0 spiro atoms. The lowest BCUT2D eigenvalue weighted by Crippen LogP contribution is -2.37. The highest BCUT2D eigenvalue weighted by molar-refractivity contribution is 5.76. The van der Waals surface area contributed by atoms with E-state index in [1.807, 2.05) is 6.07 Å². The number of aliphatic hydroxyl groups is 1. The van der Waals surface area contributed by atoms with Gasteiger partial charge in [0.25, 0.3) is 0 Å². The van der Waals surface area contributed by atoms with E-state index in [9.17, 15) is 5.11 Å². The predicted molar refractivity (Wildman–Crippen MR) is 91.4 cm³/mol. The number of nitrogens with zero attached hydrogens (tertiary/aromatic N) is 2. The molecule has 2 heterocycles. The summed E-state index contributed by atoms with van der Waals surface area (Å²) in [5.74, 6) is 1.08. The van der Waals surface area contributed by atoms with Crippen LogP contribution in [0.2, 0.25) is 0 Å². The van der Waals surface area contributed by atoms with E-state index in [-0.39, 0.29) is 18.1 Å². The number of fused-ring (bicyclic) bond motifs is 1. The van der Waals surface area contributed by atoms with Gasteiger partial charge in [-0.05, 0) is 38.8 Å². The molecule has 5 nitrogen and oxygen atoms in total. The standard InChI is InChI=1S/C18H27N3O2/c1-3-21-16-7-5-4-6-15(16)20-17(21)14(2)19-12-18(8-10-22)9-11-23-13-18/h4-7,14,19,22H,3,8-13H2,1-2H3. The summed E-state index contributed by atoms with van der Waals surface area (Å²) in [7, 11) is 0. The highest BCUT2D eigenvalue weighted by Crippen LogP contribution is 2.32. The molecule has 2 N–H and O–H groups in total. The van der Waals surface area contributed by atoms with Gasteiger partial charge in [0.05, 0.1) is 23.7 Å². The van der Waals surface area contributed by atoms with E-state index in [0.717, 1.165) is 50.5 Å². The van der Waals surface area contributed by atoms with Crippen LogP contribution < -0.4 is 5.32 Å². The third-order valence-electron chi connectivity index (χ3n) is 5.00. The van der Waals surface area contributed by atoms with Gasteiger partial charge in [0.1, 0.15) is 5.82 Å². The molecule has 1 fully saturated rings. The molecule has 0 saturated carbocycles. The van der Waals surface area contributed by atoms with Crippen molar-refractivity contribution in [3.63, 3.8) is 0 Å². The van der Waals surface area contributed by atoms with E-state index in [4.69, 9.17) is 9.72 Å². The smallest absolute Gasteiger partial charge is 0.126 e. The van der Waals surface area contributed by atoms with Gasteiger partial charge in [0, 0.05) is 31.7 Å². The monoisotopic (exact) mass is 317 g/mol. The first-order chi connectivity index (χ1) is 11.2. The Morgan fingerprint density at radius 1 is 1.43 bits per heavy atom. The predicted octanol–water partition coefficient (Wildman–Crippen LogP) is 2.50. The van der Waals surface area contributed by atoms with E-state index in [1.54, 1.807) is 0 Å². The minimum Gasteiger partial charge on any atom is -0.396 e. The maximum absolute atomic E-state index is 9.35. The van der Waals surface area contributed by atoms with Crippen LogP contribution in [-0.4, -0.2) is 41.0 Å². The Morgan fingerprint density at radius 2 is 2.26 bits per heavy atom. The first-order valence-corrected chi connectivity index (χ1v) is 8.56. The summed E-state index contributed by atoms with van der Waals surface area (Å²) >= 11 is 0. The van der Waals surface area contributed by atoms with Crippen LogP contribution in [0.1, 0.15) is 38.6 Å². The number of imidazole rings is 1. The van der Waals surface area contributed by atoms with Crippen molar-refractivity contribution in [2.75, 3.05) is 26.4 Å². The Bertz CT molecular complexity index is 647. The number of aromatic nitrogens is 2. The molecule has 0 aliphatic carbocycles. The normalized spacial score (nSPS) is 22.7. The molecule has 0 amide bonds. The van der Waals surface area contributed by atoms with E-state index in [0.29, 0.717) is 0 Å². The fraction of sp³-hybridized carbons (Fsp3) is 0.611. The molecule has 0 bridgehead atoms. The summed E-state index contributed by atoms with van der Waals surface area (Å²) in [5, 5.41) is 13.0. The molecule has 2 unspecified atom stereocenters. The van der Waals surface area contributed by atoms with E-state index in [1.165, 1.54) is 5.52 Å². The zero-order valence-corrected chi connectivity index (χ0v) is 14.1. The third-order valence-corrected chi connectivity index (χ3v) is 5.00. The van der Waals surface area contributed by atoms with Crippen molar-refractivity contribution in [3.8, 4) is 0 Å². The SMILES string of the molecule is CCn1c(C(C)NCC2(CCO)CCOC2)nc2ccccc21. The van der Waals surface area contributed by atoms with Gasteiger partial charge in [-0.3, -0.25) is 0 Å². The van der Waals surface area contributed by atoms with Crippen molar-refractivity contribution in [3.05, 3.63) is 30.1 Å². The lowest BCUT2D eigenvalue weighted by molar-refractivity contribution is 0.122. The highest BCUT2D eigenvalue weighted by atomic mass is 16.5. The van der Waals surface area contributed by atoms with Gasteiger partial charge in [0.15, 0.2) is 0 Å². The van der Waals surface area contributed by atoms with Gasteiger partial charge in [0.2, 0.25) is 0 Å².